The van der Waals surface area contributed by atoms with Gasteiger partial charge in [0.15, 0.2) is 5.84 Å². The molecule has 1 atom stereocenters. The molecule has 6 nitrogen and oxygen atoms in total. The standard InChI is InChI=1S/C14H25N3O3/c1-13(7-6-10-20-13)12(18)16-14(11(15)17-19)8-4-2-3-5-9-14/h19H,2-10H2,1H3,(H2,15,17)(H,16,18). The van der Waals surface area contributed by atoms with Crippen LogP contribution in [0.4, 0.5) is 0 Å². The first kappa shape index (κ1) is 15.1. The monoisotopic (exact) mass is 283 g/mol. The molecule has 1 unspecified atom stereocenters. The van der Waals surface area contributed by atoms with Crippen molar-refractivity contribution in [1.82, 2.24) is 5.32 Å². The molecule has 0 aromatic carbocycles. The molecule has 0 spiro atoms. The molecular weight excluding hydrogens is 258 g/mol. The van der Waals surface area contributed by atoms with Crippen LogP contribution in [-0.4, -0.2) is 34.7 Å². The number of hydrogen-bond donors (Lipinski definition) is 3. The van der Waals surface area contributed by atoms with Crippen molar-refractivity contribution in [3.8, 4) is 0 Å². The van der Waals surface area contributed by atoms with Gasteiger partial charge in [0.05, 0.1) is 0 Å². The fourth-order valence-electron chi connectivity index (χ4n) is 3.18. The van der Waals surface area contributed by atoms with Crippen molar-refractivity contribution in [2.45, 2.75) is 69.4 Å². The van der Waals surface area contributed by atoms with Crippen molar-refractivity contribution in [3.05, 3.63) is 0 Å². The van der Waals surface area contributed by atoms with E-state index in [9.17, 15) is 4.79 Å². The molecule has 2 fully saturated rings. The molecule has 0 aromatic heterocycles. The topological polar surface area (TPSA) is 96.9 Å². The second-order valence-corrected chi connectivity index (χ2v) is 6.12. The van der Waals surface area contributed by atoms with E-state index in [1.807, 2.05) is 6.92 Å². The van der Waals surface area contributed by atoms with E-state index in [1.54, 1.807) is 0 Å². The average Bonchev–Trinajstić information content (AvgIpc) is 2.75. The van der Waals surface area contributed by atoms with Crippen LogP contribution >= 0.6 is 0 Å². The van der Waals surface area contributed by atoms with Gasteiger partial charge in [0, 0.05) is 6.61 Å². The molecule has 1 aliphatic carbocycles. The van der Waals surface area contributed by atoms with Crippen LogP contribution in [0.3, 0.4) is 0 Å². The first-order valence-corrected chi connectivity index (χ1v) is 7.47. The first-order chi connectivity index (χ1) is 9.52. The number of ether oxygens (including phenoxy) is 1. The molecule has 6 heteroatoms. The quantitative estimate of drug-likeness (QED) is 0.240. The van der Waals surface area contributed by atoms with Gasteiger partial charge in [0.2, 0.25) is 0 Å². The smallest absolute Gasteiger partial charge is 0.252 e. The van der Waals surface area contributed by atoms with Crippen LogP contribution in [0.2, 0.25) is 0 Å². The van der Waals surface area contributed by atoms with Crippen molar-refractivity contribution >= 4 is 11.7 Å². The van der Waals surface area contributed by atoms with Gasteiger partial charge in [0.1, 0.15) is 11.1 Å². The molecule has 1 heterocycles. The highest BCUT2D eigenvalue weighted by atomic mass is 16.5. The van der Waals surface area contributed by atoms with Gasteiger partial charge in [0.25, 0.3) is 5.91 Å². The Hall–Kier alpha value is -1.30. The number of rotatable bonds is 3. The average molecular weight is 283 g/mol. The van der Waals surface area contributed by atoms with E-state index in [4.69, 9.17) is 15.7 Å². The van der Waals surface area contributed by atoms with Crippen LogP contribution in [0.1, 0.15) is 58.3 Å². The predicted octanol–water partition coefficient (Wildman–Crippen LogP) is 1.51. The number of hydrogen-bond acceptors (Lipinski definition) is 4. The minimum absolute atomic E-state index is 0.106. The highest BCUT2D eigenvalue weighted by Crippen LogP contribution is 2.31. The van der Waals surface area contributed by atoms with Crippen LogP contribution in [0.15, 0.2) is 5.16 Å². The van der Waals surface area contributed by atoms with E-state index in [0.717, 1.165) is 32.1 Å². The van der Waals surface area contributed by atoms with Gasteiger partial charge in [-0.25, -0.2) is 0 Å². The van der Waals surface area contributed by atoms with Crippen molar-refractivity contribution in [1.29, 1.82) is 0 Å². The van der Waals surface area contributed by atoms with Gasteiger partial charge < -0.3 is 21.0 Å². The summed E-state index contributed by atoms with van der Waals surface area (Å²) in [7, 11) is 0. The second kappa shape index (κ2) is 5.99. The third-order valence-electron chi connectivity index (χ3n) is 4.61. The number of carbonyl (C=O) groups is 1. The molecule has 1 aliphatic heterocycles. The first-order valence-electron chi connectivity index (χ1n) is 7.47. The molecule has 0 radical (unpaired) electrons. The predicted molar refractivity (Wildman–Crippen MR) is 75.6 cm³/mol. The molecule has 20 heavy (non-hydrogen) atoms. The number of carbonyl (C=O) groups excluding carboxylic acids is 1. The lowest BCUT2D eigenvalue weighted by molar-refractivity contribution is -0.141. The van der Waals surface area contributed by atoms with Crippen molar-refractivity contribution < 1.29 is 14.7 Å². The van der Waals surface area contributed by atoms with Crippen LogP contribution in [0.25, 0.3) is 0 Å². The van der Waals surface area contributed by atoms with E-state index in [0.29, 0.717) is 25.9 Å². The summed E-state index contributed by atoms with van der Waals surface area (Å²) in [5.41, 5.74) is 4.38. The van der Waals surface area contributed by atoms with Gasteiger partial charge in [-0.2, -0.15) is 0 Å². The Morgan fingerprint density at radius 2 is 1.85 bits per heavy atom. The molecule has 2 aliphatic rings. The Balaban J connectivity index is 2.17. The Labute approximate surface area is 119 Å². The highest BCUT2D eigenvalue weighted by molar-refractivity contribution is 5.96. The van der Waals surface area contributed by atoms with Gasteiger partial charge in [-0.3, -0.25) is 4.79 Å². The van der Waals surface area contributed by atoms with E-state index >= 15 is 0 Å². The van der Waals surface area contributed by atoms with E-state index in [2.05, 4.69) is 10.5 Å². The van der Waals surface area contributed by atoms with Crippen molar-refractivity contribution in [3.63, 3.8) is 0 Å². The van der Waals surface area contributed by atoms with Gasteiger partial charge >= 0.3 is 0 Å². The minimum atomic E-state index is -0.783. The number of amides is 1. The fraction of sp³-hybridized carbons (Fsp3) is 0.857. The Morgan fingerprint density at radius 1 is 1.20 bits per heavy atom. The summed E-state index contributed by atoms with van der Waals surface area (Å²) in [5, 5.41) is 15.3. The van der Waals surface area contributed by atoms with E-state index in [-0.39, 0.29) is 11.7 Å². The van der Waals surface area contributed by atoms with Crippen LogP contribution in [-0.2, 0) is 9.53 Å². The molecule has 4 N–H and O–H groups in total. The zero-order chi connectivity index (χ0) is 14.6. The third-order valence-corrected chi connectivity index (χ3v) is 4.61. The molecule has 1 saturated heterocycles. The number of nitrogens with one attached hydrogen (secondary N) is 1. The Bertz CT molecular complexity index is 381. The molecular formula is C14H25N3O3. The molecule has 2 rings (SSSR count). The van der Waals surface area contributed by atoms with E-state index in [1.165, 1.54) is 0 Å². The number of nitrogens with two attached hydrogens (primary N) is 1. The van der Waals surface area contributed by atoms with Crippen LogP contribution < -0.4 is 11.1 Å². The third kappa shape index (κ3) is 2.90. The maximum atomic E-state index is 12.5. The van der Waals surface area contributed by atoms with Crippen molar-refractivity contribution in [2.24, 2.45) is 10.9 Å². The SMILES string of the molecule is CC1(C(=O)NC2(C(N)=NO)CCCCCC2)CCCO1. The second-order valence-electron chi connectivity index (χ2n) is 6.12. The van der Waals surface area contributed by atoms with Crippen molar-refractivity contribution in [2.75, 3.05) is 6.61 Å². The summed E-state index contributed by atoms with van der Waals surface area (Å²) in [6.45, 7) is 2.42. The highest BCUT2D eigenvalue weighted by Gasteiger charge is 2.44. The summed E-state index contributed by atoms with van der Waals surface area (Å²) < 4.78 is 5.58. The zero-order valence-corrected chi connectivity index (χ0v) is 12.2. The summed E-state index contributed by atoms with van der Waals surface area (Å²) in [6, 6.07) is 0. The summed E-state index contributed by atoms with van der Waals surface area (Å²) in [4.78, 5) is 12.5. The maximum Gasteiger partial charge on any atom is 0.252 e. The molecule has 114 valence electrons. The largest absolute Gasteiger partial charge is 0.409 e. The molecule has 1 amide bonds. The molecule has 0 aromatic rings. The maximum absolute atomic E-state index is 12.5. The minimum Gasteiger partial charge on any atom is -0.409 e. The Kier molecular flexibility index (Phi) is 4.52. The fourth-order valence-corrected chi connectivity index (χ4v) is 3.18. The summed E-state index contributed by atoms with van der Waals surface area (Å²) >= 11 is 0. The zero-order valence-electron chi connectivity index (χ0n) is 12.2. The van der Waals surface area contributed by atoms with Crippen LogP contribution in [0, 0.1) is 0 Å². The number of amidine groups is 1. The Morgan fingerprint density at radius 3 is 2.35 bits per heavy atom. The number of nitrogens with zero attached hydrogens (tertiary/aromatic N) is 1. The lowest BCUT2D eigenvalue weighted by Crippen LogP contribution is -2.61. The van der Waals surface area contributed by atoms with Gasteiger partial charge in [-0.15, -0.1) is 0 Å². The normalized spacial score (nSPS) is 30.8. The van der Waals surface area contributed by atoms with Gasteiger partial charge in [-0.05, 0) is 32.6 Å². The molecule has 1 saturated carbocycles. The van der Waals surface area contributed by atoms with E-state index < -0.39 is 11.1 Å². The summed E-state index contributed by atoms with van der Waals surface area (Å²) in [6.07, 6.45) is 7.19. The molecule has 0 bridgehead atoms. The summed E-state index contributed by atoms with van der Waals surface area (Å²) in [5.74, 6) is -0.0437. The lowest BCUT2D eigenvalue weighted by Gasteiger charge is -2.35. The van der Waals surface area contributed by atoms with Gasteiger partial charge in [-0.1, -0.05) is 30.8 Å². The van der Waals surface area contributed by atoms with Crippen LogP contribution in [0.5, 0.6) is 0 Å². The lowest BCUT2D eigenvalue weighted by atomic mass is 9.87. The number of oxime groups is 1.